The van der Waals surface area contributed by atoms with E-state index in [-0.39, 0.29) is 0 Å². The third-order valence-corrected chi connectivity index (χ3v) is 3.23. The molecule has 2 unspecified atom stereocenters. The molecule has 1 aliphatic heterocycles. The standard InChI is InChI=1S/C11H19N3/c1-8-4-3-5-14-7-13-10(11(8)14)9(2)6-12/h7-9H,3-6,12H2,1-2H3. The Bertz CT molecular complexity index is 316. The number of nitrogens with two attached hydrogens (primary N) is 1. The van der Waals surface area contributed by atoms with Crippen LogP contribution >= 0.6 is 0 Å². The Labute approximate surface area is 85.3 Å². The predicted molar refractivity (Wildman–Crippen MR) is 57.3 cm³/mol. The number of hydrogen-bond acceptors (Lipinski definition) is 2. The number of hydrogen-bond donors (Lipinski definition) is 1. The summed E-state index contributed by atoms with van der Waals surface area (Å²) in [4.78, 5) is 4.50. The van der Waals surface area contributed by atoms with Crippen LogP contribution in [-0.2, 0) is 6.54 Å². The van der Waals surface area contributed by atoms with Crippen LogP contribution in [0.3, 0.4) is 0 Å². The normalized spacial score (nSPS) is 23.2. The second-order valence-corrected chi connectivity index (χ2v) is 4.39. The molecule has 3 nitrogen and oxygen atoms in total. The van der Waals surface area contributed by atoms with Gasteiger partial charge in [0.1, 0.15) is 0 Å². The van der Waals surface area contributed by atoms with E-state index in [0.29, 0.717) is 18.4 Å². The second kappa shape index (κ2) is 3.73. The van der Waals surface area contributed by atoms with Crippen LogP contribution in [0.5, 0.6) is 0 Å². The van der Waals surface area contributed by atoms with E-state index in [9.17, 15) is 0 Å². The van der Waals surface area contributed by atoms with Gasteiger partial charge in [-0.1, -0.05) is 13.8 Å². The number of nitrogens with zero attached hydrogens (tertiary/aromatic N) is 2. The van der Waals surface area contributed by atoms with Crippen LogP contribution in [0, 0.1) is 0 Å². The molecule has 0 amide bonds. The van der Waals surface area contributed by atoms with Gasteiger partial charge in [-0.3, -0.25) is 0 Å². The van der Waals surface area contributed by atoms with Crippen LogP contribution in [0.15, 0.2) is 6.33 Å². The smallest absolute Gasteiger partial charge is 0.0951 e. The van der Waals surface area contributed by atoms with Gasteiger partial charge < -0.3 is 10.3 Å². The van der Waals surface area contributed by atoms with Crippen molar-refractivity contribution in [2.75, 3.05) is 6.54 Å². The molecule has 0 spiro atoms. The monoisotopic (exact) mass is 193 g/mol. The summed E-state index contributed by atoms with van der Waals surface area (Å²) in [5.74, 6) is 1.04. The number of fused-ring (bicyclic) bond motifs is 1. The number of imidazole rings is 1. The molecule has 78 valence electrons. The molecule has 1 aliphatic rings. The maximum absolute atomic E-state index is 5.69. The van der Waals surface area contributed by atoms with E-state index in [4.69, 9.17) is 5.73 Å². The summed E-state index contributed by atoms with van der Waals surface area (Å²) in [7, 11) is 0. The van der Waals surface area contributed by atoms with Crippen molar-refractivity contribution < 1.29 is 0 Å². The fraction of sp³-hybridized carbons (Fsp3) is 0.727. The molecule has 2 N–H and O–H groups in total. The fourth-order valence-corrected chi connectivity index (χ4v) is 2.32. The van der Waals surface area contributed by atoms with Crippen LogP contribution in [0.2, 0.25) is 0 Å². The predicted octanol–water partition coefficient (Wildman–Crippen LogP) is 1.84. The first-order chi connectivity index (χ1) is 6.74. The molecule has 14 heavy (non-hydrogen) atoms. The molecule has 0 saturated carbocycles. The van der Waals surface area contributed by atoms with Gasteiger partial charge in [0.15, 0.2) is 0 Å². The first-order valence-electron chi connectivity index (χ1n) is 5.49. The van der Waals surface area contributed by atoms with Gasteiger partial charge in [0, 0.05) is 24.7 Å². The van der Waals surface area contributed by atoms with Crippen molar-refractivity contribution in [3.8, 4) is 0 Å². The van der Waals surface area contributed by atoms with Gasteiger partial charge in [0.05, 0.1) is 12.0 Å². The first-order valence-corrected chi connectivity index (χ1v) is 5.49. The van der Waals surface area contributed by atoms with Crippen molar-refractivity contribution in [3.63, 3.8) is 0 Å². The van der Waals surface area contributed by atoms with Gasteiger partial charge in [-0.25, -0.2) is 4.98 Å². The highest BCUT2D eigenvalue weighted by atomic mass is 15.1. The zero-order valence-corrected chi connectivity index (χ0v) is 9.03. The highest BCUT2D eigenvalue weighted by Crippen LogP contribution is 2.31. The maximum atomic E-state index is 5.69. The van der Waals surface area contributed by atoms with E-state index in [1.165, 1.54) is 24.2 Å². The topological polar surface area (TPSA) is 43.8 Å². The van der Waals surface area contributed by atoms with Gasteiger partial charge in [0.2, 0.25) is 0 Å². The summed E-state index contributed by atoms with van der Waals surface area (Å²) < 4.78 is 2.30. The lowest BCUT2D eigenvalue weighted by Gasteiger charge is -2.23. The summed E-state index contributed by atoms with van der Waals surface area (Å²) in [5.41, 5.74) is 8.34. The molecular formula is C11H19N3. The average Bonchev–Trinajstić information content (AvgIpc) is 2.62. The lowest BCUT2D eigenvalue weighted by Crippen LogP contribution is -2.17. The highest BCUT2D eigenvalue weighted by Gasteiger charge is 2.23. The quantitative estimate of drug-likeness (QED) is 0.779. The number of rotatable bonds is 2. The number of aryl methyl sites for hydroxylation is 1. The molecule has 2 heterocycles. The Kier molecular flexibility index (Phi) is 2.59. The van der Waals surface area contributed by atoms with Crippen molar-refractivity contribution in [1.82, 2.24) is 9.55 Å². The SMILES string of the molecule is CC(CN)c1ncn2c1C(C)CCC2. The Balaban J connectivity index is 2.38. The second-order valence-electron chi connectivity index (χ2n) is 4.39. The molecule has 2 atom stereocenters. The minimum absolute atomic E-state index is 0.395. The molecule has 0 aliphatic carbocycles. The summed E-state index contributed by atoms with van der Waals surface area (Å²) in [6.07, 6.45) is 4.55. The summed E-state index contributed by atoms with van der Waals surface area (Å²) in [5, 5.41) is 0. The largest absolute Gasteiger partial charge is 0.334 e. The molecular weight excluding hydrogens is 174 g/mol. The van der Waals surface area contributed by atoms with Crippen LogP contribution in [0.1, 0.15) is 49.9 Å². The van der Waals surface area contributed by atoms with E-state index >= 15 is 0 Å². The third-order valence-electron chi connectivity index (χ3n) is 3.23. The third kappa shape index (κ3) is 1.46. The molecule has 0 saturated heterocycles. The van der Waals surface area contributed by atoms with E-state index in [1.54, 1.807) is 0 Å². The van der Waals surface area contributed by atoms with Crippen LogP contribution in [0.25, 0.3) is 0 Å². The van der Waals surface area contributed by atoms with Gasteiger partial charge in [-0.15, -0.1) is 0 Å². The minimum atomic E-state index is 0.395. The molecule has 1 aromatic heterocycles. The number of aromatic nitrogens is 2. The molecule has 0 bridgehead atoms. The van der Waals surface area contributed by atoms with E-state index in [2.05, 4.69) is 23.4 Å². The van der Waals surface area contributed by atoms with Crippen LogP contribution in [0.4, 0.5) is 0 Å². The highest BCUT2D eigenvalue weighted by molar-refractivity contribution is 5.22. The van der Waals surface area contributed by atoms with E-state index < -0.39 is 0 Å². The molecule has 0 aromatic carbocycles. The molecule has 3 heteroatoms. The molecule has 2 rings (SSSR count). The first kappa shape index (κ1) is 9.71. The van der Waals surface area contributed by atoms with Gasteiger partial charge >= 0.3 is 0 Å². The summed E-state index contributed by atoms with van der Waals surface area (Å²) in [6, 6.07) is 0. The summed E-state index contributed by atoms with van der Waals surface area (Å²) >= 11 is 0. The Morgan fingerprint density at radius 3 is 3.21 bits per heavy atom. The molecule has 0 fully saturated rings. The van der Waals surface area contributed by atoms with Gasteiger partial charge in [-0.2, -0.15) is 0 Å². The Morgan fingerprint density at radius 2 is 2.50 bits per heavy atom. The lowest BCUT2D eigenvalue weighted by molar-refractivity contribution is 0.469. The van der Waals surface area contributed by atoms with Crippen molar-refractivity contribution >= 4 is 0 Å². The summed E-state index contributed by atoms with van der Waals surface area (Å²) in [6.45, 7) is 6.27. The fourth-order valence-electron chi connectivity index (χ4n) is 2.32. The van der Waals surface area contributed by atoms with E-state index in [0.717, 1.165) is 6.54 Å². The van der Waals surface area contributed by atoms with Crippen molar-refractivity contribution in [3.05, 3.63) is 17.7 Å². The van der Waals surface area contributed by atoms with Crippen LogP contribution in [-0.4, -0.2) is 16.1 Å². The molecule has 1 aromatic rings. The zero-order valence-electron chi connectivity index (χ0n) is 9.03. The lowest BCUT2D eigenvalue weighted by atomic mass is 9.93. The Hall–Kier alpha value is -0.830. The molecule has 0 radical (unpaired) electrons. The van der Waals surface area contributed by atoms with E-state index in [1.807, 2.05) is 6.33 Å². The maximum Gasteiger partial charge on any atom is 0.0951 e. The van der Waals surface area contributed by atoms with Crippen molar-refractivity contribution in [2.24, 2.45) is 5.73 Å². The van der Waals surface area contributed by atoms with Gasteiger partial charge in [-0.05, 0) is 18.8 Å². The zero-order chi connectivity index (χ0) is 10.1. The average molecular weight is 193 g/mol. The minimum Gasteiger partial charge on any atom is -0.334 e. The van der Waals surface area contributed by atoms with Crippen molar-refractivity contribution in [2.45, 2.75) is 45.1 Å². The van der Waals surface area contributed by atoms with Crippen molar-refractivity contribution in [1.29, 1.82) is 0 Å². The van der Waals surface area contributed by atoms with Crippen LogP contribution < -0.4 is 5.73 Å². The Morgan fingerprint density at radius 1 is 1.71 bits per heavy atom. The van der Waals surface area contributed by atoms with Gasteiger partial charge in [0.25, 0.3) is 0 Å².